The fourth-order valence-electron chi connectivity index (χ4n) is 2.70. The molecule has 0 unspecified atom stereocenters. The fraction of sp³-hybridized carbons (Fsp3) is 0.706. The van der Waals surface area contributed by atoms with Crippen LogP contribution < -0.4 is 4.74 Å². The lowest BCUT2D eigenvalue weighted by Crippen LogP contribution is -2.42. The number of carbonyl (C=O) groups is 1. The maximum atomic E-state index is 12.2. The Balaban J connectivity index is 1.69. The van der Waals surface area contributed by atoms with Gasteiger partial charge in [0.05, 0.1) is 24.0 Å². The van der Waals surface area contributed by atoms with Crippen molar-refractivity contribution in [2.75, 3.05) is 19.7 Å². The van der Waals surface area contributed by atoms with Crippen LogP contribution in [0.3, 0.4) is 0 Å². The largest absolute Gasteiger partial charge is 0.463 e. The standard InChI is InChI=1S/C17H26ClN3O3/c1-17(2,3)24-16(22)21-8-4-6-13(12-21)7-5-9-23-15-19-10-14(18)11-20-15/h10-11,13H,4-9,12H2,1-3H3/t13-/m0/s1. The number of hydrogen-bond acceptors (Lipinski definition) is 5. The number of ether oxygens (including phenoxy) is 2. The summed E-state index contributed by atoms with van der Waals surface area (Å²) in [5.74, 6) is 0.487. The highest BCUT2D eigenvalue weighted by molar-refractivity contribution is 6.30. The van der Waals surface area contributed by atoms with E-state index in [2.05, 4.69) is 9.97 Å². The Morgan fingerprint density at radius 2 is 2.08 bits per heavy atom. The highest BCUT2D eigenvalue weighted by Crippen LogP contribution is 2.23. The summed E-state index contributed by atoms with van der Waals surface area (Å²) in [5, 5.41) is 0.492. The Morgan fingerprint density at radius 1 is 1.38 bits per heavy atom. The van der Waals surface area contributed by atoms with Crippen LogP contribution in [0.4, 0.5) is 4.79 Å². The van der Waals surface area contributed by atoms with Gasteiger partial charge in [-0.05, 0) is 52.4 Å². The Labute approximate surface area is 148 Å². The first kappa shape index (κ1) is 18.8. The van der Waals surface area contributed by atoms with E-state index < -0.39 is 5.60 Å². The van der Waals surface area contributed by atoms with E-state index >= 15 is 0 Å². The highest BCUT2D eigenvalue weighted by Gasteiger charge is 2.27. The summed E-state index contributed by atoms with van der Waals surface area (Å²) in [4.78, 5) is 22.0. The second kappa shape index (κ2) is 8.51. The predicted molar refractivity (Wildman–Crippen MR) is 92.3 cm³/mol. The zero-order valence-electron chi connectivity index (χ0n) is 14.6. The first-order valence-electron chi connectivity index (χ1n) is 8.42. The van der Waals surface area contributed by atoms with Gasteiger partial charge in [-0.2, -0.15) is 0 Å². The molecule has 1 aromatic heterocycles. The average Bonchev–Trinajstić information content (AvgIpc) is 2.52. The summed E-state index contributed by atoms with van der Waals surface area (Å²) >= 11 is 5.73. The highest BCUT2D eigenvalue weighted by atomic mass is 35.5. The molecule has 1 aliphatic rings. The molecule has 2 rings (SSSR count). The molecule has 1 aliphatic heterocycles. The Bertz CT molecular complexity index is 531. The zero-order chi connectivity index (χ0) is 17.6. The van der Waals surface area contributed by atoms with Crippen molar-refractivity contribution < 1.29 is 14.3 Å². The molecule has 0 spiro atoms. The smallest absolute Gasteiger partial charge is 0.410 e. The number of halogens is 1. The van der Waals surface area contributed by atoms with E-state index in [-0.39, 0.29) is 6.09 Å². The van der Waals surface area contributed by atoms with E-state index in [4.69, 9.17) is 21.1 Å². The molecule has 1 atom stereocenters. The summed E-state index contributed by atoms with van der Waals surface area (Å²) in [6, 6.07) is 0.346. The molecule has 6 nitrogen and oxygen atoms in total. The lowest BCUT2D eigenvalue weighted by molar-refractivity contribution is 0.0159. The second-order valence-corrected chi connectivity index (χ2v) is 7.55. The van der Waals surface area contributed by atoms with Crippen molar-refractivity contribution in [2.45, 2.75) is 52.1 Å². The number of rotatable bonds is 5. The molecular weight excluding hydrogens is 330 g/mol. The van der Waals surface area contributed by atoms with Crippen LogP contribution in [-0.4, -0.2) is 46.3 Å². The monoisotopic (exact) mass is 355 g/mol. The topological polar surface area (TPSA) is 64.5 Å². The zero-order valence-corrected chi connectivity index (χ0v) is 15.4. The van der Waals surface area contributed by atoms with Gasteiger partial charge >= 0.3 is 12.1 Å². The maximum absolute atomic E-state index is 12.2. The number of carbonyl (C=O) groups excluding carboxylic acids is 1. The van der Waals surface area contributed by atoms with Gasteiger partial charge in [-0.25, -0.2) is 14.8 Å². The van der Waals surface area contributed by atoms with Crippen LogP contribution in [0.1, 0.15) is 46.5 Å². The van der Waals surface area contributed by atoms with E-state index in [0.717, 1.165) is 38.8 Å². The molecule has 0 bridgehead atoms. The van der Waals surface area contributed by atoms with Gasteiger partial charge in [-0.3, -0.25) is 0 Å². The molecular formula is C17H26ClN3O3. The van der Waals surface area contributed by atoms with Crippen molar-refractivity contribution in [3.8, 4) is 6.01 Å². The normalized spacial score (nSPS) is 18.3. The van der Waals surface area contributed by atoms with Crippen molar-refractivity contribution >= 4 is 17.7 Å². The van der Waals surface area contributed by atoms with Gasteiger partial charge in [0.25, 0.3) is 0 Å². The molecule has 1 saturated heterocycles. The number of piperidine rings is 1. The lowest BCUT2D eigenvalue weighted by Gasteiger charge is -2.34. The first-order chi connectivity index (χ1) is 11.3. The van der Waals surface area contributed by atoms with E-state index in [0.29, 0.717) is 23.6 Å². The predicted octanol–water partition coefficient (Wildman–Crippen LogP) is 3.94. The molecule has 24 heavy (non-hydrogen) atoms. The second-order valence-electron chi connectivity index (χ2n) is 7.11. The third kappa shape index (κ3) is 6.51. The van der Waals surface area contributed by atoms with Crippen molar-refractivity contribution in [1.82, 2.24) is 14.9 Å². The number of nitrogens with zero attached hydrogens (tertiary/aromatic N) is 3. The van der Waals surface area contributed by atoms with Crippen molar-refractivity contribution in [3.05, 3.63) is 17.4 Å². The number of hydrogen-bond donors (Lipinski definition) is 0. The Morgan fingerprint density at radius 3 is 2.75 bits per heavy atom. The van der Waals surface area contributed by atoms with E-state index in [9.17, 15) is 4.79 Å². The van der Waals surface area contributed by atoms with Crippen LogP contribution in [-0.2, 0) is 4.74 Å². The van der Waals surface area contributed by atoms with Crippen LogP contribution in [0.2, 0.25) is 5.02 Å². The van der Waals surface area contributed by atoms with Gasteiger partial charge in [0.2, 0.25) is 0 Å². The van der Waals surface area contributed by atoms with Crippen molar-refractivity contribution in [3.63, 3.8) is 0 Å². The summed E-state index contributed by atoms with van der Waals surface area (Å²) in [5.41, 5.74) is -0.448. The van der Waals surface area contributed by atoms with E-state index in [1.807, 2.05) is 25.7 Å². The maximum Gasteiger partial charge on any atom is 0.410 e. The van der Waals surface area contributed by atoms with Gasteiger partial charge in [0, 0.05) is 13.1 Å². The van der Waals surface area contributed by atoms with Crippen LogP contribution in [0, 0.1) is 5.92 Å². The number of aromatic nitrogens is 2. The Kier molecular flexibility index (Phi) is 6.66. The van der Waals surface area contributed by atoms with Gasteiger partial charge in [-0.1, -0.05) is 11.6 Å². The molecule has 0 aliphatic carbocycles. The Hall–Kier alpha value is -1.56. The van der Waals surface area contributed by atoms with Gasteiger partial charge in [0.15, 0.2) is 0 Å². The molecule has 7 heteroatoms. The molecule has 0 N–H and O–H groups in total. The SMILES string of the molecule is CC(C)(C)OC(=O)N1CCC[C@@H](CCCOc2ncc(Cl)cn2)C1. The summed E-state index contributed by atoms with van der Waals surface area (Å²) in [6.07, 6.45) is 6.89. The molecule has 2 heterocycles. The molecule has 134 valence electrons. The number of likely N-dealkylation sites (tertiary alicyclic amines) is 1. The first-order valence-corrected chi connectivity index (χ1v) is 8.79. The van der Waals surface area contributed by atoms with Gasteiger partial charge in [0.1, 0.15) is 5.60 Å². The van der Waals surface area contributed by atoms with Crippen LogP contribution >= 0.6 is 11.6 Å². The van der Waals surface area contributed by atoms with Crippen molar-refractivity contribution in [1.29, 1.82) is 0 Å². The van der Waals surface area contributed by atoms with Crippen molar-refractivity contribution in [2.24, 2.45) is 5.92 Å². The van der Waals surface area contributed by atoms with Gasteiger partial charge in [-0.15, -0.1) is 0 Å². The van der Waals surface area contributed by atoms with E-state index in [1.54, 1.807) is 0 Å². The molecule has 1 fully saturated rings. The van der Waals surface area contributed by atoms with Crippen LogP contribution in [0.5, 0.6) is 6.01 Å². The minimum Gasteiger partial charge on any atom is -0.463 e. The molecule has 0 aromatic carbocycles. The average molecular weight is 356 g/mol. The molecule has 0 radical (unpaired) electrons. The minimum absolute atomic E-state index is 0.210. The molecule has 1 aromatic rings. The minimum atomic E-state index is -0.448. The van der Waals surface area contributed by atoms with Gasteiger partial charge < -0.3 is 14.4 Å². The fourth-order valence-corrected chi connectivity index (χ4v) is 2.80. The van der Waals surface area contributed by atoms with Crippen LogP contribution in [0.25, 0.3) is 0 Å². The lowest BCUT2D eigenvalue weighted by atomic mass is 9.94. The quantitative estimate of drug-likeness (QED) is 0.748. The van der Waals surface area contributed by atoms with Crippen LogP contribution in [0.15, 0.2) is 12.4 Å². The third-order valence-electron chi connectivity index (χ3n) is 3.76. The third-order valence-corrected chi connectivity index (χ3v) is 3.95. The summed E-state index contributed by atoms with van der Waals surface area (Å²) < 4.78 is 11.0. The molecule has 1 amide bonds. The molecule has 0 saturated carbocycles. The summed E-state index contributed by atoms with van der Waals surface area (Å²) in [6.45, 7) is 7.77. The number of amides is 1. The van der Waals surface area contributed by atoms with E-state index in [1.165, 1.54) is 12.4 Å². The summed E-state index contributed by atoms with van der Waals surface area (Å²) in [7, 11) is 0.